The maximum Gasteiger partial charge on any atom is 0.225 e. The average molecular weight is 371 g/mol. The molecule has 0 bridgehead atoms. The standard InChI is InChI=1S/C23H34N2O2/c1-2-25(17-18-9-5-3-6-10-18)23(27)20-15-13-19(14-16-20)22(26)24-21-11-7-4-8-12-21/h3,5-6,9-10,19-21H,2,4,7-8,11-17H2,1H3,(H,24,26). The van der Waals surface area contributed by atoms with Gasteiger partial charge in [-0.1, -0.05) is 49.6 Å². The van der Waals surface area contributed by atoms with E-state index in [2.05, 4.69) is 17.4 Å². The summed E-state index contributed by atoms with van der Waals surface area (Å²) in [5.41, 5.74) is 1.17. The average Bonchev–Trinajstić information content (AvgIpc) is 2.73. The van der Waals surface area contributed by atoms with E-state index in [0.717, 1.165) is 45.1 Å². The van der Waals surface area contributed by atoms with Gasteiger partial charge in [-0.15, -0.1) is 0 Å². The summed E-state index contributed by atoms with van der Waals surface area (Å²) in [4.78, 5) is 27.5. The smallest absolute Gasteiger partial charge is 0.225 e. The number of amides is 2. The lowest BCUT2D eigenvalue weighted by atomic mass is 9.80. The van der Waals surface area contributed by atoms with Crippen LogP contribution in [0.15, 0.2) is 30.3 Å². The van der Waals surface area contributed by atoms with Gasteiger partial charge in [0.15, 0.2) is 0 Å². The van der Waals surface area contributed by atoms with Crippen LogP contribution in [0.5, 0.6) is 0 Å². The van der Waals surface area contributed by atoms with Crippen LogP contribution >= 0.6 is 0 Å². The lowest BCUT2D eigenvalue weighted by molar-refractivity contribution is -0.138. The first-order chi connectivity index (χ1) is 13.2. The van der Waals surface area contributed by atoms with Gasteiger partial charge in [0.2, 0.25) is 11.8 Å². The van der Waals surface area contributed by atoms with Crippen molar-refractivity contribution in [3.8, 4) is 0 Å². The molecular weight excluding hydrogens is 336 g/mol. The van der Waals surface area contributed by atoms with Crippen LogP contribution in [-0.2, 0) is 16.1 Å². The van der Waals surface area contributed by atoms with E-state index in [9.17, 15) is 9.59 Å². The Bertz CT molecular complexity index is 602. The van der Waals surface area contributed by atoms with Gasteiger partial charge in [-0.05, 0) is 51.0 Å². The summed E-state index contributed by atoms with van der Waals surface area (Å²) in [5.74, 6) is 0.657. The Morgan fingerprint density at radius 3 is 2.19 bits per heavy atom. The Morgan fingerprint density at radius 2 is 1.56 bits per heavy atom. The number of hydrogen-bond acceptors (Lipinski definition) is 2. The van der Waals surface area contributed by atoms with Crippen LogP contribution in [0.3, 0.4) is 0 Å². The van der Waals surface area contributed by atoms with E-state index in [0.29, 0.717) is 12.6 Å². The fourth-order valence-electron chi connectivity index (χ4n) is 4.58. The lowest BCUT2D eigenvalue weighted by Crippen LogP contribution is -2.42. The van der Waals surface area contributed by atoms with E-state index < -0.39 is 0 Å². The molecule has 1 aromatic rings. The largest absolute Gasteiger partial charge is 0.353 e. The number of carbonyl (C=O) groups excluding carboxylic acids is 2. The third-order valence-corrected chi connectivity index (χ3v) is 6.31. The molecule has 1 aromatic carbocycles. The van der Waals surface area contributed by atoms with E-state index in [4.69, 9.17) is 0 Å². The normalized spacial score (nSPS) is 23.6. The zero-order valence-corrected chi connectivity index (χ0v) is 16.7. The number of nitrogens with one attached hydrogen (secondary N) is 1. The molecule has 0 spiro atoms. The second-order valence-electron chi connectivity index (χ2n) is 8.23. The van der Waals surface area contributed by atoms with E-state index in [1.54, 1.807) is 0 Å². The first-order valence-corrected chi connectivity index (χ1v) is 10.8. The quantitative estimate of drug-likeness (QED) is 0.812. The molecule has 2 aliphatic rings. The van der Waals surface area contributed by atoms with Crippen LogP contribution in [0.1, 0.15) is 70.3 Å². The maximum atomic E-state index is 13.0. The molecule has 1 N–H and O–H groups in total. The number of nitrogens with zero attached hydrogens (tertiary/aromatic N) is 1. The van der Waals surface area contributed by atoms with E-state index in [1.807, 2.05) is 30.0 Å². The van der Waals surface area contributed by atoms with Crippen LogP contribution < -0.4 is 5.32 Å². The Kier molecular flexibility index (Phi) is 7.31. The van der Waals surface area contributed by atoms with Crippen molar-refractivity contribution in [1.29, 1.82) is 0 Å². The highest BCUT2D eigenvalue weighted by molar-refractivity contribution is 5.81. The maximum absolute atomic E-state index is 13.0. The van der Waals surface area contributed by atoms with Crippen molar-refractivity contribution in [3.05, 3.63) is 35.9 Å². The Morgan fingerprint density at radius 1 is 0.926 bits per heavy atom. The second kappa shape index (κ2) is 9.91. The third kappa shape index (κ3) is 5.57. The molecule has 2 saturated carbocycles. The molecule has 0 unspecified atom stereocenters. The summed E-state index contributed by atoms with van der Waals surface area (Å²) in [5, 5.41) is 3.26. The van der Waals surface area contributed by atoms with E-state index in [-0.39, 0.29) is 23.7 Å². The third-order valence-electron chi connectivity index (χ3n) is 6.31. The van der Waals surface area contributed by atoms with Crippen molar-refractivity contribution < 1.29 is 9.59 Å². The SMILES string of the molecule is CCN(Cc1ccccc1)C(=O)C1CCC(C(=O)NC2CCCCC2)CC1. The van der Waals surface area contributed by atoms with Crippen molar-refractivity contribution in [1.82, 2.24) is 10.2 Å². The summed E-state index contributed by atoms with van der Waals surface area (Å²) in [6.45, 7) is 3.46. The number of benzene rings is 1. The molecule has 2 fully saturated rings. The van der Waals surface area contributed by atoms with Crippen LogP contribution in [0.25, 0.3) is 0 Å². The van der Waals surface area contributed by atoms with Crippen LogP contribution in [0.2, 0.25) is 0 Å². The van der Waals surface area contributed by atoms with E-state index in [1.165, 1.54) is 24.8 Å². The molecule has 0 saturated heterocycles. The summed E-state index contributed by atoms with van der Waals surface area (Å²) in [6, 6.07) is 10.6. The first-order valence-electron chi connectivity index (χ1n) is 10.8. The Labute approximate surface area is 163 Å². The Balaban J connectivity index is 1.47. The molecule has 0 aromatic heterocycles. The molecule has 148 valence electrons. The minimum atomic E-state index is 0.0763. The molecule has 4 heteroatoms. The molecule has 4 nitrogen and oxygen atoms in total. The number of carbonyl (C=O) groups is 2. The van der Waals surface area contributed by atoms with Gasteiger partial charge < -0.3 is 10.2 Å². The molecule has 2 aliphatic carbocycles. The van der Waals surface area contributed by atoms with Crippen LogP contribution in [-0.4, -0.2) is 29.3 Å². The topological polar surface area (TPSA) is 49.4 Å². The number of hydrogen-bond donors (Lipinski definition) is 1. The molecule has 0 atom stereocenters. The zero-order valence-electron chi connectivity index (χ0n) is 16.7. The van der Waals surface area contributed by atoms with Gasteiger partial charge in [0.05, 0.1) is 0 Å². The van der Waals surface area contributed by atoms with Crippen LogP contribution in [0, 0.1) is 11.8 Å². The second-order valence-corrected chi connectivity index (χ2v) is 8.23. The van der Waals surface area contributed by atoms with Gasteiger partial charge in [-0.25, -0.2) is 0 Å². The van der Waals surface area contributed by atoms with Gasteiger partial charge in [-0.3, -0.25) is 9.59 Å². The monoisotopic (exact) mass is 370 g/mol. The molecule has 27 heavy (non-hydrogen) atoms. The minimum absolute atomic E-state index is 0.0763. The first kappa shape index (κ1) is 19.9. The molecular formula is C23H34N2O2. The van der Waals surface area contributed by atoms with Crippen molar-refractivity contribution in [2.24, 2.45) is 11.8 Å². The summed E-state index contributed by atoms with van der Waals surface area (Å²) >= 11 is 0. The van der Waals surface area contributed by atoms with Crippen molar-refractivity contribution in [2.45, 2.75) is 77.3 Å². The summed E-state index contributed by atoms with van der Waals surface area (Å²) in [7, 11) is 0. The van der Waals surface area contributed by atoms with Gasteiger partial charge in [-0.2, -0.15) is 0 Å². The van der Waals surface area contributed by atoms with Crippen LogP contribution in [0.4, 0.5) is 0 Å². The van der Waals surface area contributed by atoms with Gasteiger partial charge in [0, 0.05) is 31.0 Å². The van der Waals surface area contributed by atoms with Crippen molar-refractivity contribution in [3.63, 3.8) is 0 Å². The van der Waals surface area contributed by atoms with Gasteiger partial charge in [0.25, 0.3) is 0 Å². The highest BCUT2D eigenvalue weighted by atomic mass is 16.2. The van der Waals surface area contributed by atoms with Crippen molar-refractivity contribution >= 4 is 11.8 Å². The van der Waals surface area contributed by atoms with E-state index >= 15 is 0 Å². The highest BCUT2D eigenvalue weighted by Gasteiger charge is 2.32. The van der Waals surface area contributed by atoms with Gasteiger partial charge in [0.1, 0.15) is 0 Å². The molecule has 0 radical (unpaired) electrons. The fraction of sp³-hybridized carbons (Fsp3) is 0.652. The Hall–Kier alpha value is -1.84. The molecule has 0 heterocycles. The minimum Gasteiger partial charge on any atom is -0.353 e. The number of rotatable bonds is 6. The van der Waals surface area contributed by atoms with Gasteiger partial charge >= 0.3 is 0 Å². The highest BCUT2D eigenvalue weighted by Crippen LogP contribution is 2.31. The molecule has 3 rings (SSSR count). The summed E-state index contributed by atoms with van der Waals surface area (Å²) in [6.07, 6.45) is 9.40. The summed E-state index contributed by atoms with van der Waals surface area (Å²) < 4.78 is 0. The predicted octanol–water partition coefficient (Wildman–Crippen LogP) is 4.29. The molecule has 2 amide bonds. The fourth-order valence-corrected chi connectivity index (χ4v) is 4.58. The van der Waals surface area contributed by atoms with Crippen molar-refractivity contribution in [2.75, 3.05) is 6.54 Å². The lowest BCUT2D eigenvalue weighted by Gasteiger charge is -2.32. The predicted molar refractivity (Wildman–Crippen MR) is 108 cm³/mol. The zero-order chi connectivity index (χ0) is 19.1. The molecule has 0 aliphatic heterocycles.